The maximum atomic E-state index is 12.6. The van der Waals surface area contributed by atoms with E-state index in [2.05, 4.69) is 25.9 Å². The molecule has 146 valence electrons. The standard InChI is InChI=1S/C19H17BrClN3O4/c1-24-14(3-2-8-28-10-25)16(20)13(9-11-4-6-12(21)7-5-11)15-17(24)22-19(27)23-18(15)26/h4-7,10H,2-3,8-9H2,1H3,(H,23,26,27). The molecule has 9 heteroatoms. The van der Waals surface area contributed by atoms with Gasteiger partial charge in [-0.2, -0.15) is 4.98 Å². The van der Waals surface area contributed by atoms with Gasteiger partial charge in [-0.25, -0.2) is 4.79 Å². The summed E-state index contributed by atoms with van der Waals surface area (Å²) in [5.74, 6) is 0.312. The number of carbonyl (C=O) groups is 1. The van der Waals surface area contributed by atoms with Crippen LogP contribution in [-0.4, -0.2) is 27.6 Å². The Morgan fingerprint density at radius 2 is 2.00 bits per heavy atom. The zero-order chi connectivity index (χ0) is 20.3. The third-order valence-electron chi connectivity index (χ3n) is 4.46. The number of aromatic nitrogens is 3. The molecule has 2 aliphatic heterocycles. The molecule has 1 N–H and O–H groups in total. The van der Waals surface area contributed by atoms with Gasteiger partial charge in [0.15, 0.2) is 5.82 Å². The Balaban J connectivity index is 2.16. The number of carbonyl (C=O) groups excluding carboxylic acids is 1. The zero-order valence-corrected chi connectivity index (χ0v) is 17.3. The maximum absolute atomic E-state index is 12.6. The van der Waals surface area contributed by atoms with E-state index in [0.29, 0.717) is 42.1 Å². The number of rotatable bonds is 7. The lowest BCUT2D eigenvalue weighted by Gasteiger charge is -2.21. The minimum Gasteiger partial charge on any atom is -0.468 e. The normalized spacial score (nSPS) is 11.0. The highest BCUT2D eigenvalue weighted by molar-refractivity contribution is 9.10. The van der Waals surface area contributed by atoms with Crippen LogP contribution in [0.1, 0.15) is 23.2 Å². The fourth-order valence-corrected chi connectivity index (χ4v) is 4.06. The summed E-state index contributed by atoms with van der Waals surface area (Å²) in [5, 5.41) is 0.624. The summed E-state index contributed by atoms with van der Waals surface area (Å²) in [5.41, 5.74) is 1.73. The molecular formula is C19H17BrClN3O4. The van der Waals surface area contributed by atoms with Crippen molar-refractivity contribution in [2.45, 2.75) is 19.3 Å². The van der Waals surface area contributed by atoms with Crippen LogP contribution < -0.4 is 11.2 Å². The van der Waals surface area contributed by atoms with Crippen LogP contribution in [0.2, 0.25) is 5.02 Å². The van der Waals surface area contributed by atoms with Gasteiger partial charge in [-0.1, -0.05) is 23.7 Å². The smallest absolute Gasteiger partial charge is 0.349 e. The van der Waals surface area contributed by atoms with Crippen LogP contribution in [0.3, 0.4) is 0 Å². The fourth-order valence-electron chi connectivity index (χ4n) is 3.14. The number of hydrogen-bond donors (Lipinski definition) is 1. The first-order valence-corrected chi connectivity index (χ1v) is 9.69. The fraction of sp³-hybridized carbons (Fsp3) is 0.263. The molecule has 0 radical (unpaired) electrons. The zero-order valence-electron chi connectivity index (χ0n) is 15.0. The van der Waals surface area contributed by atoms with Crippen LogP contribution in [0.5, 0.6) is 0 Å². The first kappa shape index (κ1) is 20.3. The van der Waals surface area contributed by atoms with Gasteiger partial charge in [0.2, 0.25) is 0 Å². The second kappa shape index (κ2) is 8.70. The van der Waals surface area contributed by atoms with Crippen LogP contribution in [0.25, 0.3) is 11.4 Å². The van der Waals surface area contributed by atoms with E-state index in [9.17, 15) is 14.4 Å². The number of H-pyrrole nitrogens is 1. The van der Waals surface area contributed by atoms with Gasteiger partial charge in [0.05, 0.1) is 12.2 Å². The summed E-state index contributed by atoms with van der Waals surface area (Å²) in [6, 6.07) is 7.33. The molecule has 1 aromatic carbocycles. The molecule has 2 aliphatic rings. The number of benzene rings is 1. The van der Waals surface area contributed by atoms with Crippen molar-refractivity contribution in [1.82, 2.24) is 14.5 Å². The molecule has 0 fully saturated rings. The number of nitrogens with one attached hydrogen (secondary N) is 1. The second-order valence-corrected chi connectivity index (χ2v) is 7.47. The van der Waals surface area contributed by atoms with Gasteiger partial charge < -0.3 is 9.30 Å². The van der Waals surface area contributed by atoms with Crippen LogP contribution in [0.4, 0.5) is 0 Å². The van der Waals surface area contributed by atoms with E-state index in [1.54, 1.807) is 23.7 Å². The molecule has 0 unspecified atom stereocenters. The Morgan fingerprint density at radius 1 is 1.29 bits per heavy atom. The summed E-state index contributed by atoms with van der Waals surface area (Å²) in [7, 11) is 1.75. The summed E-state index contributed by atoms with van der Waals surface area (Å²) >= 11 is 9.59. The van der Waals surface area contributed by atoms with Crippen molar-refractivity contribution in [3.05, 3.63) is 71.4 Å². The largest absolute Gasteiger partial charge is 0.468 e. The van der Waals surface area contributed by atoms with Crippen molar-refractivity contribution in [2.24, 2.45) is 7.05 Å². The van der Waals surface area contributed by atoms with Crippen LogP contribution >= 0.6 is 27.5 Å². The second-order valence-electron chi connectivity index (χ2n) is 6.24. The molecule has 0 spiro atoms. The summed E-state index contributed by atoms with van der Waals surface area (Å²) in [4.78, 5) is 41.0. The molecule has 3 rings (SSSR count). The van der Waals surface area contributed by atoms with Crippen molar-refractivity contribution >= 4 is 34.0 Å². The molecule has 0 atom stereocenters. The number of ether oxygens (including phenoxy) is 1. The highest BCUT2D eigenvalue weighted by Crippen LogP contribution is 2.33. The molecule has 0 aliphatic carbocycles. The van der Waals surface area contributed by atoms with Crippen molar-refractivity contribution in [3.8, 4) is 11.4 Å². The van der Waals surface area contributed by atoms with Gasteiger partial charge >= 0.3 is 5.69 Å². The Labute approximate surface area is 173 Å². The number of pyridine rings is 1. The van der Waals surface area contributed by atoms with Crippen molar-refractivity contribution in [2.75, 3.05) is 6.61 Å². The Hall–Kier alpha value is -2.45. The third-order valence-corrected chi connectivity index (χ3v) is 5.65. The minimum absolute atomic E-state index is 0.274. The molecule has 0 saturated carbocycles. The summed E-state index contributed by atoms with van der Waals surface area (Å²) in [6.45, 7) is 0.683. The van der Waals surface area contributed by atoms with Gasteiger partial charge in [-0.15, -0.1) is 0 Å². The number of aromatic amines is 1. The van der Waals surface area contributed by atoms with Crippen LogP contribution in [0.15, 0.2) is 38.3 Å². The van der Waals surface area contributed by atoms with Crippen LogP contribution in [0, 0.1) is 0 Å². The Bertz CT molecular complexity index is 1090. The van der Waals surface area contributed by atoms with E-state index in [1.807, 2.05) is 12.1 Å². The van der Waals surface area contributed by atoms with Gasteiger partial charge in [0.1, 0.15) is 0 Å². The molecule has 0 amide bonds. The number of halogens is 2. The lowest BCUT2D eigenvalue weighted by molar-refractivity contribution is -0.128. The monoisotopic (exact) mass is 465 g/mol. The predicted molar refractivity (Wildman–Crippen MR) is 109 cm³/mol. The van der Waals surface area contributed by atoms with Gasteiger partial charge in [0.25, 0.3) is 12.0 Å². The lowest BCUT2D eigenvalue weighted by Crippen LogP contribution is -2.29. The van der Waals surface area contributed by atoms with Crippen molar-refractivity contribution in [1.29, 1.82) is 0 Å². The molecule has 0 saturated heterocycles. The topological polar surface area (TPSA) is 94.1 Å². The Morgan fingerprint density at radius 3 is 2.68 bits per heavy atom. The number of nitrogens with zero attached hydrogens (tertiary/aromatic N) is 2. The highest BCUT2D eigenvalue weighted by atomic mass is 79.9. The molecular weight excluding hydrogens is 450 g/mol. The van der Waals surface area contributed by atoms with Crippen LogP contribution in [-0.2, 0) is 29.4 Å². The number of fused-ring (bicyclic) bond motifs is 1. The van der Waals surface area contributed by atoms with Gasteiger partial charge in [-0.05, 0) is 58.5 Å². The average molecular weight is 467 g/mol. The summed E-state index contributed by atoms with van der Waals surface area (Å²) < 4.78 is 7.24. The maximum Gasteiger partial charge on any atom is 0.349 e. The first-order valence-electron chi connectivity index (χ1n) is 8.52. The van der Waals surface area contributed by atoms with E-state index in [0.717, 1.165) is 21.3 Å². The van der Waals surface area contributed by atoms with Crippen molar-refractivity contribution in [3.63, 3.8) is 0 Å². The summed E-state index contributed by atoms with van der Waals surface area (Å²) in [6.07, 6.45) is 1.61. The quantitative estimate of drug-likeness (QED) is 0.427. The van der Waals surface area contributed by atoms with Gasteiger partial charge in [0, 0.05) is 22.2 Å². The first-order chi connectivity index (χ1) is 13.4. The molecule has 2 heterocycles. The van der Waals surface area contributed by atoms with E-state index in [-0.39, 0.29) is 6.61 Å². The van der Waals surface area contributed by atoms with E-state index in [4.69, 9.17) is 16.3 Å². The van der Waals surface area contributed by atoms with E-state index >= 15 is 0 Å². The van der Waals surface area contributed by atoms with Gasteiger partial charge in [-0.3, -0.25) is 14.6 Å². The SMILES string of the molecule is Cn1c2nc(=O)[nH]c(=O)c-2c(Cc2ccc(Cl)cc2)c(Br)c1CCCOC=O. The molecule has 7 nitrogen and oxygen atoms in total. The molecule has 28 heavy (non-hydrogen) atoms. The van der Waals surface area contributed by atoms with Crippen molar-refractivity contribution < 1.29 is 9.53 Å². The van der Waals surface area contributed by atoms with E-state index in [1.165, 1.54) is 0 Å². The van der Waals surface area contributed by atoms with E-state index < -0.39 is 11.2 Å². The predicted octanol–water partition coefficient (Wildman–Crippen LogP) is 2.69. The molecule has 0 aromatic heterocycles. The highest BCUT2D eigenvalue weighted by Gasteiger charge is 2.24. The average Bonchev–Trinajstić information content (AvgIpc) is 2.66. The third kappa shape index (κ3) is 4.18. The lowest BCUT2D eigenvalue weighted by atomic mass is 9.98. The molecule has 1 aromatic rings. The Kier molecular flexibility index (Phi) is 6.31. The number of hydrogen-bond acceptors (Lipinski definition) is 5. The minimum atomic E-state index is -0.692. The molecule has 0 bridgehead atoms.